The van der Waals surface area contributed by atoms with Crippen molar-refractivity contribution in [3.05, 3.63) is 33.8 Å². The molecule has 110 valence electrons. The minimum atomic E-state index is -0.535. The van der Waals surface area contributed by atoms with Crippen LogP contribution < -0.4 is 0 Å². The van der Waals surface area contributed by atoms with E-state index >= 15 is 0 Å². The van der Waals surface area contributed by atoms with E-state index in [-0.39, 0.29) is 12.2 Å². The zero-order valence-electron chi connectivity index (χ0n) is 11.8. The number of morpholine rings is 1. The summed E-state index contributed by atoms with van der Waals surface area (Å²) in [4.78, 5) is 14.8. The summed E-state index contributed by atoms with van der Waals surface area (Å²) >= 11 is 12.3. The molecule has 3 nitrogen and oxygen atoms in total. The number of benzene rings is 1. The maximum atomic E-state index is 12.6. The molecule has 0 unspecified atom stereocenters. The first-order valence-corrected chi connectivity index (χ1v) is 7.47. The first kappa shape index (κ1) is 15.8. The highest BCUT2D eigenvalue weighted by Gasteiger charge is 2.35. The quantitative estimate of drug-likeness (QED) is 0.854. The summed E-state index contributed by atoms with van der Waals surface area (Å²) in [5, 5.41) is 1.09. The molecule has 2 rings (SSSR count). The molecule has 0 aromatic heterocycles. The Labute approximate surface area is 129 Å². The van der Waals surface area contributed by atoms with Gasteiger partial charge in [-0.2, -0.15) is 0 Å². The van der Waals surface area contributed by atoms with Gasteiger partial charge in [0, 0.05) is 29.6 Å². The standard InChI is InChI=1S/C15H19Cl2NO2/c1-15(2,18-6-8-20-9-7-18)14(19)10-11-12(16)4-3-5-13(11)17/h3-5H,6-10H2,1-2H3. The average Bonchev–Trinajstić information content (AvgIpc) is 2.43. The molecular weight excluding hydrogens is 297 g/mol. The lowest BCUT2D eigenvalue weighted by atomic mass is 9.91. The molecule has 20 heavy (non-hydrogen) atoms. The molecule has 1 aliphatic heterocycles. The third-order valence-corrected chi connectivity index (χ3v) is 4.59. The summed E-state index contributed by atoms with van der Waals surface area (Å²) in [5.74, 6) is 0.120. The zero-order chi connectivity index (χ0) is 14.8. The van der Waals surface area contributed by atoms with Crippen molar-refractivity contribution in [3.8, 4) is 0 Å². The van der Waals surface area contributed by atoms with Crippen LogP contribution in [0.3, 0.4) is 0 Å². The second-order valence-corrected chi connectivity index (χ2v) is 6.27. The van der Waals surface area contributed by atoms with E-state index in [4.69, 9.17) is 27.9 Å². The maximum absolute atomic E-state index is 12.6. The Hall–Kier alpha value is -0.610. The largest absolute Gasteiger partial charge is 0.379 e. The summed E-state index contributed by atoms with van der Waals surface area (Å²) in [6, 6.07) is 5.31. The van der Waals surface area contributed by atoms with Crippen LogP contribution in [0.1, 0.15) is 19.4 Å². The fraction of sp³-hybridized carbons (Fsp3) is 0.533. The number of ketones is 1. The molecule has 1 aromatic carbocycles. The van der Waals surface area contributed by atoms with Crippen molar-refractivity contribution in [2.45, 2.75) is 25.8 Å². The van der Waals surface area contributed by atoms with Crippen LogP contribution in [-0.4, -0.2) is 42.5 Å². The summed E-state index contributed by atoms with van der Waals surface area (Å²) in [5.41, 5.74) is 0.175. The fourth-order valence-corrected chi connectivity index (χ4v) is 2.91. The molecule has 1 heterocycles. The van der Waals surface area contributed by atoms with Crippen molar-refractivity contribution in [2.75, 3.05) is 26.3 Å². The predicted octanol–water partition coefficient (Wildman–Crippen LogP) is 3.22. The third kappa shape index (κ3) is 3.34. The molecule has 0 N–H and O–H groups in total. The first-order valence-electron chi connectivity index (χ1n) is 6.72. The molecule has 0 atom stereocenters. The van der Waals surface area contributed by atoms with Crippen LogP contribution in [0.15, 0.2) is 18.2 Å². The number of halogens is 2. The fourth-order valence-electron chi connectivity index (χ4n) is 2.38. The minimum Gasteiger partial charge on any atom is -0.379 e. The summed E-state index contributed by atoms with van der Waals surface area (Å²) in [6.07, 6.45) is 0.253. The van der Waals surface area contributed by atoms with Crippen molar-refractivity contribution in [1.82, 2.24) is 4.90 Å². The van der Waals surface area contributed by atoms with Gasteiger partial charge in [0.1, 0.15) is 0 Å². The number of nitrogens with zero attached hydrogens (tertiary/aromatic N) is 1. The third-order valence-electron chi connectivity index (χ3n) is 3.88. The Bertz CT molecular complexity index is 476. The van der Waals surface area contributed by atoms with E-state index < -0.39 is 5.54 Å². The highest BCUT2D eigenvalue weighted by molar-refractivity contribution is 6.36. The Kier molecular flexibility index (Phi) is 5.08. The van der Waals surface area contributed by atoms with E-state index in [1.165, 1.54) is 0 Å². The van der Waals surface area contributed by atoms with Gasteiger partial charge < -0.3 is 4.74 Å². The first-order chi connectivity index (χ1) is 9.43. The molecule has 1 aliphatic rings. The van der Waals surface area contributed by atoms with Crippen molar-refractivity contribution < 1.29 is 9.53 Å². The lowest BCUT2D eigenvalue weighted by Crippen LogP contribution is -2.54. The molecule has 0 bridgehead atoms. The predicted molar refractivity (Wildman–Crippen MR) is 81.6 cm³/mol. The van der Waals surface area contributed by atoms with Crippen LogP contribution in [0.4, 0.5) is 0 Å². The van der Waals surface area contributed by atoms with Gasteiger partial charge in [-0.25, -0.2) is 0 Å². The molecule has 5 heteroatoms. The van der Waals surface area contributed by atoms with Gasteiger partial charge in [-0.05, 0) is 31.5 Å². The Morgan fingerprint density at radius 1 is 1.25 bits per heavy atom. The second kappa shape index (κ2) is 6.44. The molecule has 0 saturated carbocycles. The van der Waals surface area contributed by atoms with Crippen molar-refractivity contribution in [1.29, 1.82) is 0 Å². The molecule has 0 spiro atoms. The highest BCUT2D eigenvalue weighted by Crippen LogP contribution is 2.27. The molecule has 1 fully saturated rings. The normalized spacial score (nSPS) is 17.2. The van der Waals surface area contributed by atoms with Gasteiger partial charge in [-0.1, -0.05) is 29.3 Å². The molecule has 1 aromatic rings. The van der Waals surface area contributed by atoms with Gasteiger partial charge in [0.2, 0.25) is 0 Å². The summed E-state index contributed by atoms with van der Waals surface area (Å²) < 4.78 is 5.34. The smallest absolute Gasteiger partial charge is 0.156 e. The van der Waals surface area contributed by atoms with Crippen molar-refractivity contribution >= 4 is 29.0 Å². The van der Waals surface area contributed by atoms with Gasteiger partial charge in [-0.3, -0.25) is 9.69 Å². The van der Waals surface area contributed by atoms with Crippen LogP contribution in [0.25, 0.3) is 0 Å². The van der Waals surface area contributed by atoms with Crippen LogP contribution in [0.5, 0.6) is 0 Å². The summed E-state index contributed by atoms with van der Waals surface area (Å²) in [6.45, 7) is 6.79. The number of Topliss-reactive ketones (excluding diaryl/α,β-unsaturated/α-hetero) is 1. The van der Waals surface area contributed by atoms with Crippen molar-refractivity contribution in [3.63, 3.8) is 0 Å². The summed E-state index contributed by atoms with van der Waals surface area (Å²) in [7, 11) is 0. The van der Waals surface area contributed by atoms with E-state index in [0.717, 1.165) is 13.1 Å². The Balaban J connectivity index is 2.14. The van der Waals surface area contributed by atoms with E-state index in [1.54, 1.807) is 18.2 Å². The van der Waals surface area contributed by atoms with Gasteiger partial charge >= 0.3 is 0 Å². The number of rotatable bonds is 4. The van der Waals surface area contributed by atoms with Gasteiger partial charge in [-0.15, -0.1) is 0 Å². The Morgan fingerprint density at radius 2 is 1.80 bits per heavy atom. The topological polar surface area (TPSA) is 29.5 Å². The second-order valence-electron chi connectivity index (χ2n) is 5.46. The molecule has 0 aliphatic carbocycles. The van der Waals surface area contributed by atoms with Crippen molar-refractivity contribution in [2.24, 2.45) is 0 Å². The zero-order valence-corrected chi connectivity index (χ0v) is 13.3. The molecule has 1 saturated heterocycles. The molecule has 0 amide bonds. The molecular formula is C15H19Cl2NO2. The monoisotopic (exact) mass is 315 g/mol. The number of carbonyl (C=O) groups is 1. The number of hydrogen-bond acceptors (Lipinski definition) is 3. The lowest BCUT2D eigenvalue weighted by molar-refractivity contribution is -0.131. The van der Waals surface area contributed by atoms with E-state index in [1.807, 2.05) is 13.8 Å². The lowest BCUT2D eigenvalue weighted by Gasteiger charge is -2.39. The number of hydrogen-bond donors (Lipinski definition) is 0. The SMILES string of the molecule is CC(C)(C(=O)Cc1c(Cl)cccc1Cl)N1CCOCC1. The highest BCUT2D eigenvalue weighted by atomic mass is 35.5. The van der Waals surface area contributed by atoms with E-state index in [0.29, 0.717) is 28.8 Å². The van der Waals surface area contributed by atoms with Gasteiger partial charge in [0.15, 0.2) is 5.78 Å². The van der Waals surface area contributed by atoms with Crippen LogP contribution in [0, 0.1) is 0 Å². The van der Waals surface area contributed by atoms with Gasteiger partial charge in [0.25, 0.3) is 0 Å². The van der Waals surface area contributed by atoms with Crippen LogP contribution >= 0.6 is 23.2 Å². The molecule has 0 radical (unpaired) electrons. The van der Waals surface area contributed by atoms with Crippen LogP contribution in [0.2, 0.25) is 10.0 Å². The van der Waals surface area contributed by atoms with E-state index in [9.17, 15) is 4.79 Å². The number of carbonyl (C=O) groups excluding carboxylic acids is 1. The number of ether oxygens (including phenoxy) is 1. The Morgan fingerprint density at radius 3 is 2.35 bits per heavy atom. The van der Waals surface area contributed by atoms with Gasteiger partial charge in [0.05, 0.1) is 18.8 Å². The van der Waals surface area contributed by atoms with E-state index in [2.05, 4.69) is 4.90 Å². The maximum Gasteiger partial charge on any atom is 0.156 e. The van der Waals surface area contributed by atoms with Crippen LogP contribution in [-0.2, 0) is 16.0 Å². The average molecular weight is 316 g/mol. The minimum absolute atomic E-state index is 0.120.